The number of aliphatic hydroxyl groups excluding tert-OH is 1. The van der Waals surface area contributed by atoms with Gasteiger partial charge in [0.25, 0.3) is 0 Å². The Labute approximate surface area is 143 Å². The zero-order valence-electron chi connectivity index (χ0n) is 15.2. The second-order valence-corrected chi connectivity index (χ2v) is 6.98. The molecule has 0 aromatic carbocycles. The maximum absolute atomic E-state index is 12.6. The summed E-state index contributed by atoms with van der Waals surface area (Å²) in [4.78, 5) is 23.5. The van der Waals surface area contributed by atoms with Crippen LogP contribution < -0.4 is 0 Å². The Bertz CT molecular complexity index is 572. The van der Waals surface area contributed by atoms with Crippen molar-refractivity contribution in [2.75, 3.05) is 19.7 Å². The fourth-order valence-corrected chi connectivity index (χ4v) is 3.02. The number of nitrogens with zero attached hydrogens (tertiary/aromatic N) is 3. The molecule has 1 aliphatic heterocycles. The van der Waals surface area contributed by atoms with Crippen molar-refractivity contribution in [2.24, 2.45) is 0 Å². The quantitative estimate of drug-likeness (QED) is 0.851. The molecule has 2 rings (SSSR count). The Morgan fingerprint density at radius 2 is 1.79 bits per heavy atom. The molecule has 6 nitrogen and oxygen atoms in total. The number of likely N-dealkylation sites (tertiary alicyclic amines) is 1. The zero-order valence-corrected chi connectivity index (χ0v) is 15.2. The minimum atomic E-state index is -1.04. The van der Waals surface area contributed by atoms with Crippen molar-refractivity contribution in [1.82, 2.24) is 14.9 Å². The largest absolute Gasteiger partial charge is 0.393 e. The predicted molar refractivity (Wildman–Crippen MR) is 91.8 cm³/mol. The fourth-order valence-electron chi connectivity index (χ4n) is 3.02. The number of carbonyl (C=O) groups excluding carboxylic acids is 1. The molecule has 0 saturated carbocycles. The normalized spacial score (nSPS) is 18.5. The summed E-state index contributed by atoms with van der Waals surface area (Å²) in [7, 11) is 0. The van der Waals surface area contributed by atoms with Crippen molar-refractivity contribution in [3.63, 3.8) is 0 Å². The third-order valence-electron chi connectivity index (χ3n) is 5.16. The zero-order chi connectivity index (χ0) is 17.9. The van der Waals surface area contributed by atoms with E-state index in [0.717, 1.165) is 29.2 Å². The van der Waals surface area contributed by atoms with E-state index in [1.54, 1.807) is 4.90 Å². The van der Waals surface area contributed by atoms with Gasteiger partial charge in [0.1, 0.15) is 5.82 Å². The van der Waals surface area contributed by atoms with Crippen LogP contribution in [0.5, 0.6) is 0 Å². The van der Waals surface area contributed by atoms with Gasteiger partial charge in [-0.25, -0.2) is 9.97 Å². The number of aryl methyl sites for hydroxylation is 2. The first kappa shape index (κ1) is 18.8. The number of aliphatic hydroxyl groups is 2. The topological polar surface area (TPSA) is 86.6 Å². The van der Waals surface area contributed by atoms with E-state index < -0.39 is 5.60 Å². The lowest BCUT2D eigenvalue weighted by atomic mass is 9.92. The maximum atomic E-state index is 12.6. The summed E-state index contributed by atoms with van der Waals surface area (Å²) in [6, 6.07) is 0. The number of carbonyl (C=O) groups is 1. The molecule has 1 amide bonds. The van der Waals surface area contributed by atoms with Crippen LogP contribution >= 0.6 is 0 Å². The van der Waals surface area contributed by atoms with Crippen LogP contribution in [0.15, 0.2) is 0 Å². The highest BCUT2D eigenvalue weighted by Crippen LogP contribution is 2.23. The van der Waals surface area contributed by atoms with Crippen LogP contribution in [0, 0.1) is 13.8 Å². The van der Waals surface area contributed by atoms with Gasteiger partial charge in [0, 0.05) is 36.0 Å². The second kappa shape index (κ2) is 7.57. The highest BCUT2D eigenvalue weighted by Gasteiger charge is 2.33. The lowest BCUT2D eigenvalue weighted by Gasteiger charge is -2.37. The molecular weight excluding hydrogens is 306 g/mol. The summed E-state index contributed by atoms with van der Waals surface area (Å²) in [6.45, 7) is 8.78. The first-order valence-corrected chi connectivity index (χ1v) is 8.74. The van der Waals surface area contributed by atoms with E-state index in [4.69, 9.17) is 0 Å². The summed E-state index contributed by atoms with van der Waals surface area (Å²) < 4.78 is 0. The van der Waals surface area contributed by atoms with Gasteiger partial charge in [0.15, 0.2) is 0 Å². The van der Waals surface area contributed by atoms with Crippen molar-refractivity contribution in [3.8, 4) is 0 Å². The van der Waals surface area contributed by atoms with Gasteiger partial charge >= 0.3 is 0 Å². The SMILES string of the molecule is CCC(C)c1nc(C)c(CC(=O)N2CCC(O)(CO)CC2)c(C)n1. The van der Waals surface area contributed by atoms with Crippen LogP contribution in [0.1, 0.15) is 61.8 Å². The summed E-state index contributed by atoms with van der Waals surface area (Å²) in [6.07, 6.45) is 2.10. The summed E-state index contributed by atoms with van der Waals surface area (Å²) in [5.41, 5.74) is 1.60. The smallest absolute Gasteiger partial charge is 0.227 e. The summed E-state index contributed by atoms with van der Waals surface area (Å²) in [5.74, 6) is 1.18. The molecule has 1 fully saturated rings. The van der Waals surface area contributed by atoms with E-state index in [1.807, 2.05) is 13.8 Å². The lowest BCUT2D eigenvalue weighted by molar-refractivity contribution is -0.136. The van der Waals surface area contributed by atoms with Gasteiger partial charge in [-0.15, -0.1) is 0 Å². The van der Waals surface area contributed by atoms with Gasteiger partial charge in [-0.05, 0) is 33.1 Å². The molecule has 1 aliphatic rings. The molecular formula is C18H29N3O3. The van der Waals surface area contributed by atoms with Crippen LogP contribution in [-0.2, 0) is 11.2 Å². The molecule has 1 aromatic rings. The Hall–Kier alpha value is -1.53. The average molecular weight is 335 g/mol. The van der Waals surface area contributed by atoms with Crippen LogP contribution in [0.2, 0.25) is 0 Å². The van der Waals surface area contributed by atoms with Gasteiger partial charge in [0.2, 0.25) is 5.91 Å². The van der Waals surface area contributed by atoms with Gasteiger partial charge in [0.05, 0.1) is 18.6 Å². The number of amides is 1. The summed E-state index contributed by atoms with van der Waals surface area (Å²) in [5, 5.41) is 19.3. The highest BCUT2D eigenvalue weighted by molar-refractivity contribution is 5.79. The molecule has 1 unspecified atom stereocenters. The number of rotatable bonds is 5. The minimum Gasteiger partial charge on any atom is -0.393 e. The average Bonchev–Trinajstić information content (AvgIpc) is 2.57. The molecule has 6 heteroatoms. The van der Waals surface area contributed by atoms with E-state index in [0.29, 0.717) is 31.8 Å². The van der Waals surface area contributed by atoms with Crippen molar-refractivity contribution >= 4 is 5.91 Å². The van der Waals surface area contributed by atoms with Crippen molar-refractivity contribution in [1.29, 1.82) is 0 Å². The van der Waals surface area contributed by atoms with Crippen LogP contribution in [0.25, 0.3) is 0 Å². The minimum absolute atomic E-state index is 0.0288. The van der Waals surface area contributed by atoms with E-state index in [9.17, 15) is 15.0 Å². The van der Waals surface area contributed by atoms with E-state index in [1.165, 1.54) is 0 Å². The van der Waals surface area contributed by atoms with E-state index >= 15 is 0 Å². The van der Waals surface area contributed by atoms with E-state index in [-0.39, 0.29) is 18.9 Å². The van der Waals surface area contributed by atoms with Gasteiger partial charge < -0.3 is 15.1 Å². The Balaban J connectivity index is 2.07. The Kier molecular flexibility index (Phi) is 5.93. The van der Waals surface area contributed by atoms with Crippen LogP contribution in [0.4, 0.5) is 0 Å². The molecule has 1 saturated heterocycles. The molecule has 2 heterocycles. The Morgan fingerprint density at radius 3 is 2.25 bits per heavy atom. The molecule has 0 bridgehead atoms. The van der Waals surface area contributed by atoms with Gasteiger partial charge in [-0.2, -0.15) is 0 Å². The van der Waals surface area contributed by atoms with Crippen molar-refractivity contribution in [2.45, 2.75) is 64.9 Å². The maximum Gasteiger partial charge on any atom is 0.227 e. The molecule has 134 valence electrons. The third kappa shape index (κ3) is 4.11. The summed E-state index contributed by atoms with van der Waals surface area (Å²) >= 11 is 0. The monoisotopic (exact) mass is 335 g/mol. The lowest BCUT2D eigenvalue weighted by Crippen LogP contribution is -2.48. The molecule has 0 spiro atoms. The second-order valence-electron chi connectivity index (χ2n) is 6.98. The number of aromatic nitrogens is 2. The molecule has 0 aliphatic carbocycles. The van der Waals surface area contributed by atoms with Crippen LogP contribution in [0.3, 0.4) is 0 Å². The third-order valence-corrected chi connectivity index (χ3v) is 5.16. The highest BCUT2D eigenvalue weighted by atomic mass is 16.3. The first-order chi connectivity index (χ1) is 11.3. The van der Waals surface area contributed by atoms with Gasteiger partial charge in [-0.1, -0.05) is 13.8 Å². The standard InChI is InChI=1S/C18H29N3O3/c1-5-12(2)17-19-13(3)15(14(4)20-17)10-16(23)21-8-6-18(24,11-22)7-9-21/h12,22,24H,5-11H2,1-4H3. The fraction of sp³-hybridized carbons (Fsp3) is 0.722. The molecule has 24 heavy (non-hydrogen) atoms. The molecule has 1 atom stereocenters. The van der Waals surface area contributed by atoms with Crippen molar-refractivity contribution in [3.05, 3.63) is 22.8 Å². The Morgan fingerprint density at radius 1 is 1.25 bits per heavy atom. The molecule has 1 aromatic heterocycles. The predicted octanol–water partition coefficient (Wildman–Crippen LogP) is 1.50. The molecule has 0 radical (unpaired) electrons. The molecule has 2 N–H and O–H groups in total. The first-order valence-electron chi connectivity index (χ1n) is 8.74. The number of hydrogen-bond donors (Lipinski definition) is 2. The number of piperidine rings is 1. The van der Waals surface area contributed by atoms with Crippen LogP contribution in [-0.4, -0.2) is 56.3 Å². The van der Waals surface area contributed by atoms with Gasteiger partial charge in [-0.3, -0.25) is 4.79 Å². The van der Waals surface area contributed by atoms with Crippen molar-refractivity contribution < 1.29 is 15.0 Å². The van der Waals surface area contributed by atoms with E-state index in [2.05, 4.69) is 23.8 Å². The number of hydrogen-bond acceptors (Lipinski definition) is 5.